The molecule has 6 heteroatoms. The van der Waals surface area contributed by atoms with Gasteiger partial charge in [-0.15, -0.1) is 0 Å². The quantitative estimate of drug-likeness (QED) is 0.802. The van der Waals surface area contributed by atoms with Crippen molar-refractivity contribution in [2.45, 2.75) is 53.0 Å². The number of carbonyl (C=O) groups is 3. The maximum Gasteiger partial charge on any atom is 0.326 e. The summed E-state index contributed by atoms with van der Waals surface area (Å²) < 4.78 is 0. The minimum atomic E-state index is -1.02. The average Bonchev–Trinajstić information content (AvgIpc) is 2.59. The molecule has 2 atom stereocenters. The number of aryl methyl sites for hydroxylation is 2. The van der Waals surface area contributed by atoms with Crippen molar-refractivity contribution in [2.24, 2.45) is 11.8 Å². The van der Waals surface area contributed by atoms with E-state index in [9.17, 15) is 19.5 Å². The van der Waals surface area contributed by atoms with Crippen LogP contribution in [0, 0.1) is 25.7 Å². The van der Waals surface area contributed by atoms with E-state index in [1.807, 2.05) is 45.9 Å². The Bertz CT molecular complexity index is 694. The highest BCUT2D eigenvalue weighted by Crippen LogP contribution is 2.20. The van der Waals surface area contributed by atoms with Gasteiger partial charge >= 0.3 is 5.97 Å². The van der Waals surface area contributed by atoms with Crippen LogP contribution in [0.4, 0.5) is 0 Å². The van der Waals surface area contributed by atoms with Crippen molar-refractivity contribution < 1.29 is 19.5 Å². The van der Waals surface area contributed by atoms with Crippen LogP contribution in [0.25, 0.3) is 0 Å². The summed E-state index contributed by atoms with van der Waals surface area (Å²) in [5, 5.41) is 12.0. The second kappa shape index (κ2) is 9.02. The van der Waals surface area contributed by atoms with E-state index in [0.29, 0.717) is 31.5 Å². The molecule has 1 aliphatic heterocycles. The van der Waals surface area contributed by atoms with Crippen LogP contribution in [-0.4, -0.2) is 46.9 Å². The lowest BCUT2D eigenvalue weighted by Crippen LogP contribution is -2.49. The lowest BCUT2D eigenvalue weighted by molar-refractivity contribution is -0.143. The fraction of sp³-hybridized carbons (Fsp3) is 0.571. The van der Waals surface area contributed by atoms with E-state index in [4.69, 9.17) is 0 Å². The number of carbonyl (C=O) groups excluding carboxylic acids is 2. The molecule has 27 heavy (non-hydrogen) atoms. The first-order valence-corrected chi connectivity index (χ1v) is 9.58. The summed E-state index contributed by atoms with van der Waals surface area (Å²) in [6.45, 7) is 8.70. The molecular formula is C21H30N2O4. The molecule has 0 spiro atoms. The SMILES string of the molecule is Cc1cc(C)cc(C(=O)N2CCCC(C(=O)NC(CC(C)C)C(=O)O)C2)c1. The fourth-order valence-electron chi connectivity index (χ4n) is 3.64. The predicted octanol–water partition coefficient (Wildman–Crippen LogP) is 2.77. The van der Waals surface area contributed by atoms with Crippen LogP contribution < -0.4 is 5.32 Å². The third-order valence-electron chi connectivity index (χ3n) is 4.87. The number of nitrogens with one attached hydrogen (secondary N) is 1. The number of likely N-dealkylation sites (tertiary alicyclic amines) is 1. The molecule has 1 heterocycles. The van der Waals surface area contributed by atoms with Gasteiger partial charge in [-0.2, -0.15) is 0 Å². The summed E-state index contributed by atoms with van der Waals surface area (Å²) in [4.78, 5) is 38.5. The van der Waals surface area contributed by atoms with Crippen molar-refractivity contribution in [3.63, 3.8) is 0 Å². The second-order valence-electron chi connectivity index (χ2n) is 8.00. The molecule has 2 amide bonds. The van der Waals surface area contributed by atoms with Gasteiger partial charge in [0.15, 0.2) is 0 Å². The third kappa shape index (κ3) is 5.81. The normalized spacial score (nSPS) is 18.3. The Morgan fingerprint density at radius 1 is 1.19 bits per heavy atom. The Labute approximate surface area is 160 Å². The number of rotatable bonds is 6. The average molecular weight is 374 g/mol. The van der Waals surface area contributed by atoms with Gasteiger partial charge in [-0.05, 0) is 51.2 Å². The second-order valence-corrected chi connectivity index (χ2v) is 8.00. The molecule has 1 aromatic carbocycles. The number of nitrogens with zero attached hydrogens (tertiary/aromatic N) is 1. The Balaban J connectivity index is 2.05. The van der Waals surface area contributed by atoms with E-state index in [1.165, 1.54) is 0 Å². The molecule has 2 N–H and O–H groups in total. The number of hydrogen-bond donors (Lipinski definition) is 2. The summed E-state index contributed by atoms with van der Waals surface area (Å²) >= 11 is 0. The van der Waals surface area contributed by atoms with Crippen molar-refractivity contribution in [1.29, 1.82) is 0 Å². The van der Waals surface area contributed by atoms with E-state index in [2.05, 4.69) is 5.32 Å². The third-order valence-corrected chi connectivity index (χ3v) is 4.87. The van der Waals surface area contributed by atoms with Crippen LogP contribution in [0.1, 0.15) is 54.6 Å². The van der Waals surface area contributed by atoms with Crippen LogP contribution >= 0.6 is 0 Å². The van der Waals surface area contributed by atoms with E-state index in [-0.39, 0.29) is 23.7 Å². The number of aliphatic carboxylic acids is 1. The van der Waals surface area contributed by atoms with E-state index in [0.717, 1.165) is 17.5 Å². The van der Waals surface area contributed by atoms with Crippen LogP contribution in [-0.2, 0) is 9.59 Å². The van der Waals surface area contributed by atoms with E-state index in [1.54, 1.807) is 4.90 Å². The molecule has 0 bridgehead atoms. The number of carboxylic acids is 1. The minimum absolute atomic E-state index is 0.0729. The highest BCUT2D eigenvalue weighted by molar-refractivity contribution is 5.95. The van der Waals surface area contributed by atoms with Crippen LogP contribution in [0.15, 0.2) is 18.2 Å². The highest BCUT2D eigenvalue weighted by atomic mass is 16.4. The van der Waals surface area contributed by atoms with Gasteiger partial charge < -0.3 is 15.3 Å². The van der Waals surface area contributed by atoms with Crippen molar-refractivity contribution in [2.75, 3.05) is 13.1 Å². The molecule has 148 valence electrons. The van der Waals surface area contributed by atoms with Gasteiger partial charge in [0, 0.05) is 18.7 Å². The lowest BCUT2D eigenvalue weighted by Gasteiger charge is -2.33. The van der Waals surface area contributed by atoms with Crippen molar-refractivity contribution in [3.05, 3.63) is 34.9 Å². The summed E-state index contributed by atoms with van der Waals surface area (Å²) in [5.74, 6) is -1.57. The van der Waals surface area contributed by atoms with Crippen LogP contribution in [0.2, 0.25) is 0 Å². The number of amides is 2. The van der Waals surface area contributed by atoms with Crippen LogP contribution in [0.3, 0.4) is 0 Å². The number of carboxylic acid groups (broad SMARTS) is 1. The fourth-order valence-corrected chi connectivity index (χ4v) is 3.64. The molecule has 6 nitrogen and oxygen atoms in total. The Morgan fingerprint density at radius 3 is 2.37 bits per heavy atom. The maximum absolute atomic E-state index is 12.8. The molecular weight excluding hydrogens is 344 g/mol. The first-order valence-electron chi connectivity index (χ1n) is 9.58. The Morgan fingerprint density at radius 2 is 1.81 bits per heavy atom. The zero-order chi connectivity index (χ0) is 20.1. The molecule has 2 rings (SSSR count). The predicted molar refractivity (Wildman–Crippen MR) is 104 cm³/mol. The Hall–Kier alpha value is -2.37. The first kappa shape index (κ1) is 20.9. The van der Waals surface area contributed by atoms with E-state index >= 15 is 0 Å². The summed E-state index contributed by atoms with van der Waals surface area (Å²) in [6, 6.07) is 4.86. The van der Waals surface area contributed by atoms with Crippen molar-refractivity contribution in [1.82, 2.24) is 10.2 Å². The topological polar surface area (TPSA) is 86.7 Å². The molecule has 1 saturated heterocycles. The van der Waals surface area contributed by atoms with Gasteiger partial charge in [-0.3, -0.25) is 9.59 Å². The summed E-state index contributed by atoms with van der Waals surface area (Å²) in [5.41, 5.74) is 2.70. The molecule has 0 radical (unpaired) electrons. The first-order chi connectivity index (χ1) is 12.7. The van der Waals surface area contributed by atoms with Gasteiger partial charge in [-0.1, -0.05) is 31.0 Å². The molecule has 1 aromatic rings. The monoisotopic (exact) mass is 374 g/mol. The van der Waals surface area contributed by atoms with Crippen LogP contribution in [0.5, 0.6) is 0 Å². The zero-order valence-corrected chi connectivity index (χ0v) is 16.6. The van der Waals surface area contributed by atoms with Crippen molar-refractivity contribution >= 4 is 17.8 Å². The number of hydrogen-bond acceptors (Lipinski definition) is 3. The van der Waals surface area contributed by atoms with Gasteiger partial charge in [-0.25, -0.2) is 4.79 Å². The number of piperidine rings is 1. The molecule has 1 aliphatic rings. The summed E-state index contributed by atoms with van der Waals surface area (Å²) in [6.07, 6.45) is 1.78. The maximum atomic E-state index is 12.8. The molecule has 1 fully saturated rings. The largest absolute Gasteiger partial charge is 0.480 e. The van der Waals surface area contributed by atoms with Gasteiger partial charge in [0.2, 0.25) is 5.91 Å². The minimum Gasteiger partial charge on any atom is -0.480 e. The van der Waals surface area contributed by atoms with Crippen molar-refractivity contribution in [3.8, 4) is 0 Å². The smallest absolute Gasteiger partial charge is 0.326 e. The van der Waals surface area contributed by atoms with E-state index < -0.39 is 12.0 Å². The molecule has 2 unspecified atom stereocenters. The van der Waals surface area contributed by atoms with Gasteiger partial charge in [0.25, 0.3) is 5.91 Å². The summed E-state index contributed by atoms with van der Waals surface area (Å²) in [7, 11) is 0. The Kier molecular flexibility index (Phi) is 6.99. The standard InChI is InChI=1S/C21H30N2O4/c1-13(2)8-18(21(26)27)22-19(24)16-6-5-7-23(12-16)20(25)17-10-14(3)9-15(4)11-17/h9-11,13,16,18H,5-8,12H2,1-4H3,(H,22,24)(H,26,27). The molecule has 0 aliphatic carbocycles. The zero-order valence-electron chi connectivity index (χ0n) is 16.6. The van der Waals surface area contributed by atoms with Gasteiger partial charge in [0.05, 0.1) is 5.92 Å². The number of benzene rings is 1. The molecule has 0 saturated carbocycles. The lowest BCUT2D eigenvalue weighted by atomic mass is 9.95. The van der Waals surface area contributed by atoms with Gasteiger partial charge in [0.1, 0.15) is 6.04 Å². The highest BCUT2D eigenvalue weighted by Gasteiger charge is 2.31. The molecule has 0 aromatic heterocycles.